The molecule has 3 heteroatoms. The fraction of sp³-hybridized carbons (Fsp3) is 0.792. The average Bonchev–Trinajstić information content (AvgIpc) is 2.60. The van der Waals surface area contributed by atoms with E-state index in [2.05, 4.69) is 44.7 Å². The summed E-state index contributed by atoms with van der Waals surface area (Å²) < 4.78 is 0. The van der Waals surface area contributed by atoms with Gasteiger partial charge in [-0.25, -0.2) is 0 Å². The van der Waals surface area contributed by atoms with Crippen LogP contribution in [0.5, 0.6) is 0 Å². The first-order valence-electron chi connectivity index (χ1n) is 11.2. The van der Waals surface area contributed by atoms with Crippen LogP contribution in [0.25, 0.3) is 0 Å². The maximum atomic E-state index is 10.5. The minimum absolute atomic E-state index is 0.238. The number of carboxylic acids is 1. The van der Waals surface area contributed by atoms with Gasteiger partial charge in [0, 0.05) is 6.42 Å². The quantitative estimate of drug-likeness (QED) is 0.206. The second kappa shape index (κ2) is 18.3. The lowest BCUT2D eigenvalue weighted by Gasteiger charge is -2.20. The Labute approximate surface area is 168 Å². The molecule has 0 aliphatic rings. The highest BCUT2D eigenvalue weighted by atomic mass is 16.4. The van der Waals surface area contributed by atoms with E-state index < -0.39 is 5.97 Å². The van der Waals surface area contributed by atoms with Crippen LogP contribution in [0.4, 0.5) is 0 Å². The normalized spacial score (nSPS) is 12.8. The Morgan fingerprint density at radius 2 is 1.26 bits per heavy atom. The second-order valence-electron chi connectivity index (χ2n) is 7.93. The highest BCUT2D eigenvalue weighted by Gasteiger charge is 2.01. The molecule has 0 rings (SSSR count). The first-order chi connectivity index (χ1) is 13.0. The fourth-order valence-electron chi connectivity index (χ4n) is 3.43. The SMILES string of the molecule is CCCN(CCC)CCCCCCC/C(C)=C/CC/C(C)=C/CCC(=O)O. The van der Waals surface area contributed by atoms with Crippen LogP contribution in [-0.4, -0.2) is 35.6 Å². The molecule has 0 unspecified atom stereocenters. The summed E-state index contributed by atoms with van der Waals surface area (Å²) in [6.45, 7) is 12.7. The zero-order chi connectivity index (χ0) is 20.3. The topological polar surface area (TPSA) is 40.5 Å². The standard InChI is InChI=1S/C24H45NO2/c1-5-19-25(20-6-2)21-11-9-7-8-10-14-22(3)15-12-16-23(4)17-13-18-24(26)27/h15,17H,5-14,16,18-21H2,1-4H3,(H,26,27)/b22-15+,23-17+. The summed E-state index contributed by atoms with van der Waals surface area (Å²) in [5, 5.41) is 8.65. The van der Waals surface area contributed by atoms with E-state index >= 15 is 0 Å². The molecule has 0 aromatic carbocycles. The highest BCUT2D eigenvalue weighted by molar-refractivity contribution is 5.66. The maximum absolute atomic E-state index is 10.5. The number of nitrogens with zero attached hydrogens (tertiary/aromatic N) is 1. The summed E-state index contributed by atoms with van der Waals surface area (Å²) in [6.07, 6.45) is 17.9. The molecule has 0 bridgehead atoms. The number of hydrogen-bond donors (Lipinski definition) is 1. The second-order valence-corrected chi connectivity index (χ2v) is 7.93. The molecule has 0 atom stereocenters. The minimum atomic E-state index is -0.714. The van der Waals surface area contributed by atoms with Crippen LogP contribution in [0.2, 0.25) is 0 Å². The number of allylic oxidation sites excluding steroid dienone is 4. The van der Waals surface area contributed by atoms with Gasteiger partial charge in [-0.1, -0.05) is 56.4 Å². The van der Waals surface area contributed by atoms with E-state index in [1.165, 1.54) is 82.1 Å². The molecule has 0 heterocycles. The van der Waals surface area contributed by atoms with Gasteiger partial charge in [0.2, 0.25) is 0 Å². The first-order valence-corrected chi connectivity index (χ1v) is 11.2. The van der Waals surface area contributed by atoms with Crippen molar-refractivity contribution in [3.05, 3.63) is 23.3 Å². The molecular weight excluding hydrogens is 334 g/mol. The van der Waals surface area contributed by atoms with E-state index in [0.717, 1.165) is 12.8 Å². The number of carbonyl (C=O) groups is 1. The Morgan fingerprint density at radius 3 is 1.85 bits per heavy atom. The van der Waals surface area contributed by atoms with Crippen molar-refractivity contribution in [2.45, 2.75) is 105 Å². The van der Waals surface area contributed by atoms with Crippen molar-refractivity contribution in [2.24, 2.45) is 0 Å². The first kappa shape index (κ1) is 25.9. The Kier molecular flexibility index (Phi) is 17.5. The Balaban J connectivity index is 3.68. The summed E-state index contributed by atoms with van der Waals surface area (Å²) in [7, 11) is 0. The molecular formula is C24H45NO2. The van der Waals surface area contributed by atoms with Crippen LogP contribution in [-0.2, 0) is 4.79 Å². The van der Waals surface area contributed by atoms with Gasteiger partial charge >= 0.3 is 5.97 Å². The zero-order valence-electron chi connectivity index (χ0n) is 18.6. The van der Waals surface area contributed by atoms with Crippen molar-refractivity contribution in [1.29, 1.82) is 0 Å². The Hall–Kier alpha value is -1.09. The van der Waals surface area contributed by atoms with Gasteiger partial charge in [0.15, 0.2) is 0 Å². The smallest absolute Gasteiger partial charge is 0.303 e. The molecule has 0 aromatic rings. The molecule has 0 aromatic heterocycles. The van der Waals surface area contributed by atoms with Gasteiger partial charge in [0.1, 0.15) is 0 Å². The predicted molar refractivity (Wildman–Crippen MR) is 118 cm³/mol. The van der Waals surface area contributed by atoms with Crippen molar-refractivity contribution >= 4 is 5.97 Å². The van der Waals surface area contributed by atoms with E-state index in [1.54, 1.807) is 0 Å². The Bertz CT molecular complexity index is 420. The molecule has 0 saturated carbocycles. The summed E-state index contributed by atoms with van der Waals surface area (Å²) >= 11 is 0. The zero-order valence-corrected chi connectivity index (χ0v) is 18.6. The van der Waals surface area contributed by atoms with E-state index in [0.29, 0.717) is 6.42 Å². The van der Waals surface area contributed by atoms with E-state index in [9.17, 15) is 4.79 Å². The van der Waals surface area contributed by atoms with Crippen molar-refractivity contribution < 1.29 is 9.90 Å². The van der Waals surface area contributed by atoms with Crippen LogP contribution in [0.15, 0.2) is 23.3 Å². The monoisotopic (exact) mass is 379 g/mol. The van der Waals surface area contributed by atoms with Gasteiger partial charge in [-0.15, -0.1) is 0 Å². The number of unbranched alkanes of at least 4 members (excludes halogenated alkanes) is 4. The van der Waals surface area contributed by atoms with Gasteiger partial charge in [-0.2, -0.15) is 0 Å². The summed E-state index contributed by atoms with van der Waals surface area (Å²) in [5.74, 6) is -0.714. The average molecular weight is 380 g/mol. The van der Waals surface area contributed by atoms with Gasteiger partial charge in [0.05, 0.1) is 0 Å². The van der Waals surface area contributed by atoms with Gasteiger partial charge in [-0.05, 0) is 84.8 Å². The summed E-state index contributed by atoms with van der Waals surface area (Å²) in [4.78, 5) is 13.1. The highest BCUT2D eigenvalue weighted by Crippen LogP contribution is 2.14. The summed E-state index contributed by atoms with van der Waals surface area (Å²) in [6, 6.07) is 0. The third-order valence-electron chi connectivity index (χ3n) is 5.01. The van der Waals surface area contributed by atoms with Crippen LogP contribution in [0, 0.1) is 0 Å². The molecule has 0 spiro atoms. The molecule has 0 fully saturated rings. The fourth-order valence-corrected chi connectivity index (χ4v) is 3.43. The third-order valence-corrected chi connectivity index (χ3v) is 5.01. The van der Waals surface area contributed by atoms with Crippen molar-refractivity contribution in [3.8, 4) is 0 Å². The van der Waals surface area contributed by atoms with Gasteiger partial charge in [-0.3, -0.25) is 4.79 Å². The van der Waals surface area contributed by atoms with Crippen molar-refractivity contribution in [3.63, 3.8) is 0 Å². The van der Waals surface area contributed by atoms with E-state index in [1.807, 2.05) is 0 Å². The number of carboxylic acid groups (broad SMARTS) is 1. The van der Waals surface area contributed by atoms with Crippen molar-refractivity contribution in [1.82, 2.24) is 4.90 Å². The van der Waals surface area contributed by atoms with E-state index in [4.69, 9.17) is 5.11 Å². The molecule has 1 N–H and O–H groups in total. The Morgan fingerprint density at radius 1 is 0.741 bits per heavy atom. The molecule has 0 amide bonds. The van der Waals surface area contributed by atoms with Crippen LogP contribution in [0.3, 0.4) is 0 Å². The molecule has 3 nitrogen and oxygen atoms in total. The molecule has 0 saturated heterocycles. The lowest BCUT2D eigenvalue weighted by molar-refractivity contribution is -0.136. The van der Waals surface area contributed by atoms with Crippen LogP contribution < -0.4 is 0 Å². The van der Waals surface area contributed by atoms with Crippen LogP contribution >= 0.6 is 0 Å². The van der Waals surface area contributed by atoms with Crippen molar-refractivity contribution in [2.75, 3.05) is 19.6 Å². The lowest BCUT2D eigenvalue weighted by atomic mass is 10.0. The van der Waals surface area contributed by atoms with Gasteiger partial charge in [0.25, 0.3) is 0 Å². The third kappa shape index (κ3) is 18.1. The minimum Gasteiger partial charge on any atom is -0.481 e. The number of rotatable bonds is 18. The largest absolute Gasteiger partial charge is 0.481 e. The molecule has 0 radical (unpaired) electrons. The number of aliphatic carboxylic acids is 1. The molecule has 158 valence electrons. The maximum Gasteiger partial charge on any atom is 0.303 e. The molecule has 0 aliphatic carbocycles. The van der Waals surface area contributed by atoms with Gasteiger partial charge < -0.3 is 10.0 Å². The number of hydrogen-bond acceptors (Lipinski definition) is 2. The lowest BCUT2D eigenvalue weighted by Crippen LogP contribution is -2.26. The summed E-state index contributed by atoms with van der Waals surface area (Å²) in [5.41, 5.74) is 2.81. The van der Waals surface area contributed by atoms with Crippen LogP contribution in [0.1, 0.15) is 105 Å². The predicted octanol–water partition coefficient (Wildman–Crippen LogP) is 6.99. The molecule has 27 heavy (non-hydrogen) atoms. The molecule has 0 aliphatic heterocycles. The van der Waals surface area contributed by atoms with E-state index in [-0.39, 0.29) is 6.42 Å².